The summed E-state index contributed by atoms with van der Waals surface area (Å²) in [6.45, 7) is 0.949. The smallest absolute Gasteiger partial charge is 0.0621 e. The zero-order valence-corrected chi connectivity index (χ0v) is 14.6. The number of nitrogens with zero attached hydrogens (tertiary/aromatic N) is 2. The highest BCUT2D eigenvalue weighted by molar-refractivity contribution is 9.10. The van der Waals surface area contributed by atoms with Crippen LogP contribution in [0.4, 0.5) is 0 Å². The molecule has 4 heteroatoms. The molecule has 2 aromatic carbocycles. The van der Waals surface area contributed by atoms with E-state index in [0.29, 0.717) is 6.42 Å². The molecule has 21 heavy (non-hydrogen) atoms. The lowest BCUT2D eigenvalue weighted by molar-refractivity contribution is 0.645. The van der Waals surface area contributed by atoms with Gasteiger partial charge in [-0.3, -0.25) is 0 Å². The summed E-state index contributed by atoms with van der Waals surface area (Å²) >= 11 is 7.12. The van der Waals surface area contributed by atoms with Crippen molar-refractivity contribution in [3.8, 4) is 6.07 Å². The number of rotatable bonds is 4. The van der Waals surface area contributed by atoms with Gasteiger partial charge < -0.3 is 4.57 Å². The lowest BCUT2D eigenvalue weighted by Crippen LogP contribution is -1.97. The maximum Gasteiger partial charge on any atom is 0.0621 e. The third kappa shape index (κ3) is 2.86. The summed E-state index contributed by atoms with van der Waals surface area (Å²) in [5.74, 6) is 0. The lowest BCUT2D eigenvalue weighted by atomic mass is 10.2. The van der Waals surface area contributed by atoms with Crippen molar-refractivity contribution in [2.24, 2.45) is 0 Å². The Bertz CT molecular complexity index is 784. The van der Waals surface area contributed by atoms with Crippen molar-refractivity contribution in [1.82, 2.24) is 4.57 Å². The van der Waals surface area contributed by atoms with Crippen LogP contribution in [-0.4, -0.2) is 4.57 Å². The van der Waals surface area contributed by atoms with E-state index in [1.165, 1.54) is 21.8 Å². The predicted molar refractivity (Wildman–Crippen MR) is 94.3 cm³/mol. The van der Waals surface area contributed by atoms with Crippen molar-refractivity contribution < 1.29 is 0 Å². The molecule has 0 saturated heterocycles. The van der Waals surface area contributed by atoms with Gasteiger partial charge in [-0.1, -0.05) is 31.9 Å². The van der Waals surface area contributed by atoms with Gasteiger partial charge in [-0.05, 0) is 49.2 Å². The summed E-state index contributed by atoms with van der Waals surface area (Å²) in [7, 11) is 0. The van der Waals surface area contributed by atoms with Crippen LogP contribution in [0, 0.1) is 11.3 Å². The third-order valence-electron chi connectivity index (χ3n) is 3.71. The van der Waals surface area contributed by atoms with Crippen LogP contribution in [0.1, 0.15) is 19.3 Å². The first-order valence-electron chi connectivity index (χ1n) is 6.94. The molecule has 0 aliphatic carbocycles. The second-order valence-electron chi connectivity index (χ2n) is 5.09. The number of aromatic nitrogens is 1. The van der Waals surface area contributed by atoms with Gasteiger partial charge >= 0.3 is 0 Å². The molecule has 3 rings (SSSR count). The Balaban J connectivity index is 2.13. The molecule has 3 aromatic rings. The second-order valence-corrected chi connectivity index (χ2v) is 6.92. The molecule has 0 N–H and O–H groups in total. The number of hydrogen-bond donors (Lipinski definition) is 0. The van der Waals surface area contributed by atoms with Crippen LogP contribution < -0.4 is 0 Å². The summed E-state index contributed by atoms with van der Waals surface area (Å²) in [5.41, 5.74) is 2.51. The Morgan fingerprint density at radius 1 is 0.905 bits per heavy atom. The molecule has 1 heterocycles. The van der Waals surface area contributed by atoms with Crippen molar-refractivity contribution in [2.75, 3.05) is 0 Å². The van der Waals surface area contributed by atoms with Crippen LogP contribution >= 0.6 is 31.9 Å². The zero-order valence-electron chi connectivity index (χ0n) is 11.4. The quantitative estimate of drug-likeness (QED) is 0.488. The number of hydrogen-bond acceptors (Lipinski definition) is 1. The minimum Gasteiger partial charge on any atom is -0.340 e. The molecular formula is C17H14Br2N2. The summed E-state index contributed by atoms with van der Waals surface area (Å²) in [4.78, 5) is 0. The van der Waals surface area contributed by atoms with Crippen LogP contribution in [0.25, 0.3) is 21.8 Å². The van der Waals surface area contributed by atoms with Crippen LogP contribution in [0.2, 0.25) is 0 Å². The van der Waals surface area contributed by atoms with Crippen LogP contribution in [0.15, 0.2) is 45.3 Å². The summed E-state index contributed by atoms with van der Waals surface area (Å²) in [5, 5.41) is 11.2. The van der Waals surface area contributed by atoms with E-state index < -0.39 is 0 Å². The van der Waals surface area contributed by atoms with Gasteiger partial charge in [0, 0.05) is 43.7 Å². The monoisotopic (exact) mass is 404 g/mol. The Morgan fingerprint density at radius 3 is 2.00 bits per heavy atom. The minimum atomic E-state index is 0.633. The summed E-state index contributed by atoms with van der Waals surface area (Å²) < 4.78 is 4.55. The van der Waals surface area contributed by atoms with Crippen LogP contribution in [0.5, 0.6) is 0 Å². The first-order chi connectivity index (χ1) is 10.2. The standard InChI is InChI=1S/C17H14Br2N2/c18-12-4-6-16-14(10-12)15-11-13(19)5-7-17(15)21(16)9-3-1-2-8-20/h4-7,10-11H,1-3,9H2. The molecule has 0 aliphatic rings. The van der Waals surface area contributed by atoms with Gasteiger partial charge in [0.15, 0.2) is 0 Å². The Kier molecular flexibility index (Phi) is 4.32. The molecule has 0 aliphatic heterocycles. The van der Waals surface area contributed by atoms with E-state index in [4.69, 9.17) is 5.26 Å². The molecule has 0 fully saturated rings. The van der Waals surface area contributed by atoms with E-state index in [2.05, 4.69) is 78.9 Å². The molecule has 0 amide bonds. The number of unbranched alkanes of at least 4 members (excludes halogenated alkanes) is 2. The molecule has 2 nitrogen and oxygen atoms in total. The molecule has 0 radical (unpaired) electrons. The predicted octanol–water partition coefficient (Wildman–Crippen LogP) is 6.01. The molecule has 106 valence electrons. The first-order valence-corrected chi connectivity index (χ1v) is 8.53. The molecule has 0 saturated carbocycles. The fraction of sp³-hybridized carbons (Fsp3) is 0.235. The first kappa shape index (κ1) is 14.6. The second kappa shape index (κ2) is 6.21. The van der Waals surface area contributed by atoms with Crippen LogP contribution in [-0.2, 0) is 6.54 Å². The zero-order chi connectivity index (χ0) is 14.8. The third-order valence-corrected chi connectivity index (χ3v) is 4.70. The summed E-state index contributed by atoms with van der Waals surface area (Å²) in [6, 6.07) is 15.1. The van der Waals surface area contributed by atoms with Gasteiger partial charge in [0.05, 0.1) is 6.07 Å². The van der Waals surface area contributed by atoms with Gasteiger partial charge in [0.2, 0.25) is 0 Å². The Morgan fingerprint density at radius 2 is 1.48 bits per heavy atom. The highest BCUT2D eigenvalue weighted by Crippen LogP contribution is 2.33. The number of fused-ring (bicyclic) bond motifs is 3. The number of halogens is 2. The van der Waals surface area contributed by atoms with Gasteiger partial charge in [-0.15, -0.1) is 0 Å². The Hall–Kier alpha value is -1.31. The van der Waals surface area contributed by atoms with Crippen molar-refractivity contribution in [2.45, 2.75) is 25.8 Å². The Labute approximate surface area is 140 Å². The number of nitriles is 1. The maximum absolute atomic E-state index is 8.66. The fourth-order valence-corrected chi connectivity index (χ4v) is 3.49. The van der Waals surface area contributed by atoms with E-state index in [0.717, 1.165) is 28.3 Å². The largest absolute Gasteiger partial charge is 0.340 e. The highest BCUT2D eigenvalue weighted by atomic mass is 79.9. The maximum atomic E-state index is 8.66. The van der Waals surface area contributed by atoms with Crippen molar-refractivity contribution in [3.05, 3.63) is 45.3 Å². The summed E-state index contributed by atoms with van der Waals surface area (Å²) in [6.07, 6.45) is 2.61. The van der Waals surface area contributed by atoms with E-state index >= 15 is 0 Å². The van der Waals surface area contributed by atoms with Gasteiger partial charge in [-0.2, -0.15) is 5.26 Å². The SMILES string of the molecule is N#CCCCCn1c2ccc(Br)cc2c2cc(Br)ccc21. The molecule has 0 spiro atoms. The van der Waals surface area contributed by atoms with Crippen molar-refractivity contribution in [1.29, 1.82) is 5.26 Å². The highest BCUT2D eigenvalue weighted by Gasteiger charge is 2.11. The molecule has 0 atom stereocenters. The lowest BCUT2D eigenvalue weighted by Gasteiger charge is -2.06. The molecular weight excluding hydrogens is 392 g/mol. The van der Waals surface area contributed by atoms with Gasteiger partial charge in [0.1, 0.15) is 0 Å². The molecule has 0 unspecified atom stereocenters. The van der Waals surface area contributed by atoms with E-state index in [-0.39, 0.29) is 0 Å². The number of benzene rings is 2. The van der Waals surface area contributed by atoms with E-state index in [9.17, 15) is 0 Å². The van der Waals surface area contributed by atoms with Crippen molar-refractivity contribution in [3.63, 3.8) is 0 Å². The van der Waals surface area contributed by atoms with Gasteiger partial charge in [-0.25, -0.2) is 0 Å². The molecule has 1 aromatic heterocycles. The van der Waals surface area contributed by atoms with Crippen LogP contribution in [0.3, 0.4) is 0 Å². The topological polar surface area (TPSA) is 28.7 Å². The average Bonchev–Trinajstić information content (AvgIpc) is 2.77. The van der Waals surface area contributed by atoms with Crippen molar-refractivity contribution >= 4 is 53.7 Å². The fourth-order valence-electron chi connectivity index (χ4n) is 2.76. The van der Waals surface area contributed by atoms with Gasteiger partial charge in [0.25, 0.3) is 0 Å². The normalized spacial score (nSPS) is 11.1. The van der Waals surface area contributed by atoms with E-state index in [1.54, 1.807) is 0 Å². The molecule has 0 bridgehead atoms. The van der Waals surface area contributed by atoms with E-state index in [1.807, 2.05) is 0 Å². The average molecular weight is 406 g/mol. The minimum absolute atomic E-state index is 0.633. The number of aryl methyl sites for hydroxylation is 1.